The molecule has 4 rings (SSSR count). The van der Waals surface area contributed by atoms with Crippen molar-refractivity contribution < 1.29 is 27.4 Å². The van der Waals surface area contributed by atoms with Crippen LogP contribution in [0.2, 0.25) is 0 Å². The molecule has 0 aliphatic carbocycles. The Labute approximate surface area is 173 Å². The number of benzene rings is 2. The summed E-state index contributed by atoms with van der Waals surface area (Å²) in [5.41, 5.74) is 1.12. The van der Waals surface area contributed by atoms with Crippen LogP contribution >= 0.6 is 0 Å². The number of pyridine rings is 1. The van der Waals surface area contributed by atoms with Crippen LogP contribution in [0.1, 0.15) is 0 Å². The van der Waals surface area contributed by atoms with Crippen LogP contribution in [0, 0.1) is 5.82 Å². The minimum Gasteiger partial charge on any atom is -0.505 e. The standard InChI is InChI=1S/C21H19FN2O5S/c22-18-8-7-16(14-20(18)25)29-21-6-2-5-19(23-21)15-3-1-4-17(13-15)30(26,27)24-9-11-28-12-10-24/h1-8,13-14,25H,9-12H2. The molecular formula is C21H19FN2O5S. The Hall–Kier alpha value is -3.01. The molecule has 0 unspecified atom stereocenters. The maximum absolute atomic E-state index is 13.2. The lowest BCUT2D eigenvalue weighted by Gasteiger charge is -2.26. The van der Waals surface area contributed by atoms with Gasteiger partial charge in [-0.3, -0.25) is 0 Å². The van der Waals surface area contributed by atoms with Gasteiger partial charge in [0.05, 0.1) is 23.8 Å². The second-order valence-electron chi connectivity index (χ2n) is 6.62. The number of phenolic OH excluding ortho intramolecular Hbond substituents is 1. The third-order valence-corrected chi connectivity index (χ3v) is 6.50. The Balaban J connectivity index is 1.61. The number of sulfonamides is 1. The van der Waals surface area contributed by atoms with E-state index in [1.54, 1.807) is 42.5 Å². The number of halogens is 1. The molecule has 1 aromatic heterocycles. The number of nitrogens with zero attached hydrogens (tertiary/aromatic N) is 2. The van der Waals surface area contributed by atoms with Crippen molar-refractivity contribution in [3.8, 4) is 28.6 Å². The molecule has 3 aromatic rings. The number of phenols is 1. The average Bonchev–Trinajstić information content (AvgIpc) is 2.77. The lowest BCUT2D eigenvalue weighted by atomic mass is 10.1. The molecule has 0 spiro atoms. The van der Waals surface area contributed by atoms with Gasteiger partial charge in [-0.15, -0.1) is 0 Å². The van der Waals surface area contributed by atoms with E-state index in [1.165, 1.54) is 10.4 Å². The van der Waals surface area contributed by atoms with Crippen molar-refractivity contribution in [1.82, 2.24) is 9.29 Å². The highest BCUT2D eigenvalue weighted by Crippen LogP contribution is 2.28. The molecule has 0 atom stereocenters. The van der Waals surface area contributed by atoms with E-state index in [1.807, 2.05) is 0 Å². The third-order valence-electron chi connectivity index (χ3n) is 4.60. The molecular weight excluding hydrogens is 411 g/mol. The summed E-state index contributed by atoms with van der Waals surface area (Å²) in [5, 5.41) is 9.48. The second-order valence-corrected chi connectivity index (χ2v) is 8.56. The minimum atomic E-state index is -3.63. The number of hydrogen-bond donors (Lipinski definition) is 1. The lowest BCUT2D eigenvalue weighted by Crippen LogP contribution is -2.40. The van der Waals surface area contributed by atoms with Crippen molar-refractivity contribution in [2.24, 2.45) is 0 Å². The largest absolute Gasteiger partial charge is 0.505 e. The molecule has 1 saturated heterocycles. The fourth-order valence-electron chi connectivity index (χ4n) is 3.06. The zero-order valence-electron chi connectivity index (χ0n) is 15.9. The molecule has 0 amide bonds. The van der Waals surface area contributed by atoms with Gasteiger partial charge < -0.3 is 14.6 Å². The Morgan fingerprint density at radius 1 is 1.03 bits per heavy atom. The van der Waals surface area contributed by atoms with Gasteiger partial charge in [-0.25, -0.2) is 17.8 Å². The van der Waals surface area contributed by atoms with Crippen molar-refractivity contribution in [1.29, 1.82) is 0 Å². The summed E-state index contributed by atoms with van der Waals surface area (Å²) in [6.07, 6.45) is 0. The molecule has 2 heterocycles. The van der Waals surface area contributed by atoms with Crippen LogP contribution < -0.4 is 4.74 Å². The molecule has 9 heteroatoms. The van der Waals surface area contributed by atoms with Crippen LogP contribution in [0.5, 0.6) is 17.4 Å². The molecule has 1 aliphatic rings. The van der Waals surface area contributed by atoms with Gasteiger partial charge in [0.2, 0.25) is 15.9 Å². The van der Waals surface area contributed by atoms with Gasteiger partial charge in [0, 0.05) is 30.8 Å². The van der Waals surface area contributed by atoms with Gasteiger partial charge in [0.15, 0.2) is 11.6 Å². The van der Waals surface area contributed by atoms with Crippen LogP contribution in [0.3, 0.4) is 0 Å². The summed E-state index contributed by atoms with van der Waals surface area (Å²) in [6, 6.07) is 15.2. The van der Waals surface area contributed by atoms with E-state index in [0.29, 0.717) is 37.6 Å². The van der Waals surface area contributed by atoms with Crippen LogP contribution in [0.4, 0.5) is 4.39 Å². The third kappa shape index (κ3) is 4.28. The topological polar surface area (TPSA) is 89.0 Å². The predicted molar refractivity (Wildman–Crippen MR) is 107 cm³/mol. The highest BCUT2D eigenvalue weighted by molar-refractivity contribution is 7.89. The Kier molecular flexibility index (Phi) is 5.67. The van der Waals surface area contributed by atoms with Crippen molar-refractivity contribution in [3.63, 3.8) is 0 Å². The first kappa shape index (κ1) is 20.3. The maximum atomic E-state index is 13.2. The van der Waals surface area contributed by atoms with Gasteiger partial charge in [-0.1, -0.05) is 18.2 Å². The smallest absolute Gasteiger partial charge is 0.243 e. The molecule has 1 N–H and O–H groups in total. The SMILES string of the molecule is O=S(=O)(c1cccc(-c2cccc(Oc3ccc(F)c(O)c3)n2)c1)N1CCOCC1. The highest BCUT2D eigenvalue weighted by atomic mass is 32.2. The summed E-state index contributed by atoms with van der Waals surface area (Å²) in [7, 11) is -3.63. The van der Waals surface area contributed by atoms with E-state index in [-0.39, 0.29) is 16.5 Å². The summed E-state index contributed by atoms with van der Waals surface area (Å²) < 4.78 is 51.3. The highest BCUT2D eigenvalue weighted by Gasteiger charge is 2.26. The van der Waals surface area contributed by atoms with Crippen LogP contribution in [0.15, 0.2) is 65.6 Å². The number of hydrogen-bond acceptors (Lipinski definition) is 6. The fourth-order valence-corrected chi connectivity index (χ4v) is 4.52. The van der Waals surface area contributed by atoms with Crippen molar-refractivity contribution in [2.75, 3.05) is 26.3 Å². The van der Waals surface area contributed by atoms with Crippen molar-refractivity contribution in [2.45, 2.75) is 4.90 Å². The first-order chi connectivity index (χ1) is 14.4. The van der Waals surface area contributed by atoms with Crippen LogP contribution in [-0.2, 0) is 14.8 Å². The Bertz CT molecular complexity index is 1160. The van der Waals surface area contributed by atoms with Gasteiger partial charge in [0.1, 0.15) is 5.75 Å². The molecule has 7 nitrogen and oxygen atoms in total. The van der Waals surface area contributed by atoms with Crippen LogP contribution in [-0.4, -0.2) is 49.1 Å². The number of aromatic hydroxyl groups is 1. The number of aromatic nitrogens is 1. The van der Waals surface area contributed by atoms with Gasteiger partial charge >= 0.3 is 0 Å². The first-order valence-corrected chi connectivity index (χ1v) is 10.7. The van der Waals surface area contributed by atoms with E-state index in [0.717, 1.165) is 12.1 Å². The maximum Gasteiger partial charge on any atom is 0.243 e. The van der Waals surface area contributed by atoms with Crippen LogP contribution in [0.25, 0.3) is 11.3 Å². The van der Waals surface area contributed by atoms with E-state index in [4.69, 9.17) is 9.47 Å². The summed E-state index contributed by atoms with van der Waals surface area (Å²) in [4.78, 5) is 4.58. The number of rotatable bonds is 5. The number of morpholine rings is 1. The van der Waals surface area contributed by atoms with Gasteiger partial charge in [-0.05, 0) is 30.3 Å². The summed E-state index contributed by atoms with van der Waals surface area (Å²) >= 11 is 0. The molecule has 1 aliphatic heterocycles. The monoisotopic (exact) mass is 430 g/mol. The van der Waals surface area contributed by atoms with E-state index in [2.05, 4.69) is 4.98 Å². The summed E-state index contributed by atoms with van der Waals surface area (Å²) in [5.74, 6) is -0.825. The van der Waals surface area contributed by atoms with Gasteiger partial charge in [-0.2, -0.15) is 4.31 Å². The molecule has 0 bridgehead atoms. The lowest BCUT2D eigenvalue weighted by molar-refractivity contribution is 0.0730. The zero-order chi connectivity index (χ0) is 21.1. The van der Waals surface area contributed by atoms with Gasteiger partial charge in [0.25, 0.3) is 0 Å². The predicted octanol–water partition coefficient (Wildman–Crippen LogP) is 3.41. The second kappa shape index (κ2) is 8.39. The van der Waals surface area contributed by atoms with E-state index >= 15 is 0 Å². The average molecular weight is 430 g/mol. The molecule has 0 saturated carbocycles. The van der Waals surface area contributed by atoms with Crippen molar-refractivity contribution in [3.05, 3.63) is 66.5 Å². The molecule has 156 valence electrons. The molecule has 30 heavy (non-hydrogen) atoms. The Morgan fingerprint density at radius 3 is 2.57 bits per heavy atom. The normalized spacial score (nSPS) is 15.1. The number of ether oxygens (including phenoxy) is 2. The Morgan fingerprint density at radius 2 is 1.80 bits per heavy atom. The quantitative estimate of drug-likeness (QED) is 0.667. The van der Waals surface area contributed by atoms with E-state index in [9.17, 15) is 17.9 Å². The van der Waals surface area contributed by atoms with E-state index < -0.39 is 21.6 Å². The molecule has 2 aromatic carbocycles. The summed E-state index contributed by atoms with van der Waals surface area (Å²) in [6.45, 7) is 1.38. The fraction of sp³-hybridized carbons (Fsp3) is 0.190. The molecule has 0 radical (unpaired) electrons. The molecule has 1 fully saturated rings. The minimum absolute atomic E-state index is 0.179. The van der Waals surface area contributed by atoms with Crippen molar-refractivity contribution >= 4 is 10.0 Å². The zero-order valence-corrected chi connectivity index (χ0v) is 16.7. The first-order valence-electron chi connectivity index (χ1n) is 9.25.